The van der Waals surface area contributed by atoms with Crippen molar-refractivity contribution in [2.45, 2.75) is 6.54 Å². The smallest absolute Gasteiger partial charge is 0.251 e. The fraction of sp³-hybridized carbons (Fsp3) is 0.133. The van der Waals surface area contributed by atoms with Crippen LogP contribution in [-0.4, -0.2) is 23.3 Å². The molecule has 102 valence electrons. The summed E-state index contributed by atoms with van der Waals surface area (Å²) >= 11 is 0. The van der Waals surface area contributed by atoms with Crippen LogP contribution in [-0.2, 0) is 11.3 Å². The second-order valence-electron chi connectivity index (χ2n) is 4.18. The van der Waals surface area contributed by atoms with E-state index >= 15 is 0 Å². The van der Waals surface area contributed by atoms with E-state index in [2.05, 4.69) is 15.6 Å². The Hall–Kier alpha value is -2.69. The van der Waals surface area contributed by atoms with Crippen molar-refractivity contribution in [3.05, 3.63) is 66.0 Å². The zero-order valence-electron chi connectivity index (χ0n) is 10.9. The van der Waals surface area contributed by atoms with Gasteiger partial charge in [-0.1, -0.05) is 18.2 Å². The van der Waals surface area contributed by atoms with Crippen LogP contribution in [0.5, 0.6) is 0 Å². The molecule has 0 unspecified atom stereocenters. The van der Waals surface area contributed by atoms with Crippen LogP contribution in [0.1, 0.15) is 15.9 Å². The number of rotatable bonds is 5. The van der Waals surface area contributed by atoms with Gasteiger partial charge in [0.15, 0.2) is 0 Å². The summed E-state index contributed by atoms with van der Waals surface area (Å²) < 4.78 is 0. The van der Waals surface area contributed by atoms with Gasteiger partial charge in [0, 0.05) is 24.5 Å². The zero-order valence-corrected chi connectivity index (χ0v) is 10.9. The molecule has 5 heteroatoms. The average Bonchev–Trinajstić information content (AvgIpc) is 2.52. The van der Waals surface area contributed by atoms with E-state index in [1.807, 2.05) is 18.2 Å². The summed E-state index contributed by atoms with van der Waals surface area (Å²) in [4.78, 5) is 27.2. The van der Waals surface area contributed by atoms with Gasteiger partial charge in [0.25, 0.3) is 5.91 Å². The first kappa shape index (κ1) is 13.7. The highest BCUT2D eigenvalue weighted by atomic mass is 16.2. The highest BCUT2D eigenvalue weighted by Gasteiger charge is 2.06. The molecule has 0 spiro atoms. The van der Waals surface area contributed by atoms with Gasteiger partial charge >= 0.3 is 0 Å². The molecular weight excluding hydrogens is 254 g/mol. The summed E-state index contributed by atoms with van der Waals surface area (Å²) in [6, 6.07) is 12.4. The van der Waals surface area contributed by atoms with Gasteiger partial charge in [-0.15, -0.1) is 0 Å². The number of nitrogens with zero attached hydrogens (tertiary/aromatic N) is 1. The second-order valence-corrected chi connectivity index (χ2v) is 4.18. The van der Waals surface area contributed by atoms with Gasteiger partial charge in [0.05, 0.1) is 6.54 Å². The van der Waals surface area contributed by atoms with Crippen LogP contribution in [0.3, 0.4) is 0 Å². The monoisotopic (exact) mass is 269 g/mol. The van der Waals surface area contributed by atoms with E-state index in [4.69, 9.17) is 0 Å². The lowest BCUT2D eigenvalue weighted by molar-refractivity contribution is -0.120. The number of pyridine rings is 1. The summed E-state index contributed by atoms with van der Waals surface area (Å²) in [7, 11) is 0. The van der Waals surface area contributed by atoms with E-state index in [0.717, 1.165) is 5.56 Å². The molecule has 20 heavy (non-hydrogen) atoms. The van der Waals surface area contributed by atoms with Crippen molar-refractivity contribution in [2.24, 2.45) is 0 Å². The Kier molecular flexibility index (Phi) is 4.83. The van der Waals surface area contributed by atoms with E-state index in [0.29, 0.717) is 12.1 Å². The molecule has 0 fully saturated rings. The largest absolute Gasteiger partial charge is 0.350 e. The molecule has 1 aromatic heterocycles. The lowest BCUT2D eigenvalue weighted by Gasteiger charge is -2.07. The first-order valence-electron chi connectivity index (χ1n) is 6.24. The van der Waals surface area contributed by atoms with Gasteiger partial charge in [-0.25, -0.2) is 0 Å². The lowest BCUT2D eigenvalue weighted by Crippen LogP contribution is -2.36. The summed E-state index contributed by atoms with van der Waals surface area (Å²) in [6.45, 7) is 0.376. The van der Waals surface area contributed by atoms with E-state index in [1.165, 1.54) is 0 Å². The van der Waals surface area contributed by atoms with Crippen molar-refractivity contribution in [1.29, 1.82) is 0 Å². The van der Waals surface area contributed by atoms with Crippen molar-refractivity contribution < 1.29 is 9.59 Å². The standard InChI is InChI=1S/C15H15N3O2/c19-14(17-10-12-6-8-16-9-7-12)11-18-15(20)13-4-2-1-3-5-13/h1-9H,10-11H2,(H,17,19)(H,18,20). The topological polar surface area (TPSA) is 71.1 Å². The first-order valence-corrected chi connectivity index (χ1v) is 6.24. The Labute approximate surface area is 117 Å². The number of nitrogens with one attached hydrogen (secondary N) is 2. The first-order chi connectivity index (χ1) is 9.75. The fourth-order valence-corrected chi connectivity index (χ4v) is 1.62. The predicted molar refractivity (Wildman–Crippen MR) is 74.9 cm³/mol. The molecule has 2 rings (SSSR count). The van der Waals surface area contributed by atoms with Crippen LogP contribution in [0, 0.1) is 0 Å². The van der Waals surface area contributed by atoms with E-state index in [9.17, 15) is 9.59 Å². The molecule has 1 aromatic carbocycles. The zero-order chi connectivity index (χ0) is 14.2. The molecule has 0 atom stereocenters. The number of hydrogen-bond acceptors (Lipinski definition) is 3. The molecule has 0 aliphatic rings. The number of benzene rings is 1. The third kappa shape index (κ3) is 4.20. The van der Waals surface area contributed by atoms with Crippen LogP contribution in [0.25, 0.3) is 0 Å². The van der Waals surface area contributed by atoms with Gasteiger partial charge in [0.2, 0.25) is 5.91 Å². The SMILES string of the molecule is O=C(CNC(=O)c1ccccc1)NCc1ccncc1. The van der Waals surface area contributed by atoms with Gasteiger partial charge in [-0.3, -0.25) is 14.6 Å². The molecular formula is C15H15N3O2. The molecule has 1 heterocycles. The maximum absolute atomic E-state index is 11.7. The molecule has 2 amide bonds. The lowest BCUT2D eigenvalue weighted by atomic mass is 10.2. The average molecular weight is 269 g/mol. The van der Waals surface area contributed by atoms with Crippen LogP contribution in [0.15, 0.2) is 54.9 Å². The second kappa shape index (κ2) is 7.04. The highest BCUT2D eigenvalue weighted by molar-refractivity contribution is 5.96. The summed E-state index contributed by atoms with van der Waals surface area (Å²) in [5.41, 5.74) is 1.50. The van der Waals surface area contributed by atoms with Gasteiger partial charge < -0.3 is 10.6 Å². The van der Waals surface area contributed by atoms with Crippen molar-refractivity contribution >= 4 is 11.8 Å². The minimum atomic E-state index is -0.260. The van der Waals surface area contributed by atoms with Crippen molar-refractivity contribution in [1.82, 2.24) is 15.6 Å². The van der Waals surface area contributed by atoms with Crippen LogP contribution < -0.4 is 10.6 Å². The van der Waals surface area contributed by atoms with Crippen LogP contribution in [0.4, 0.5) is 0 Å². The van der Waals surface area contributed by atoms with Gasteiger partial charge in [-0.2, -0.15) is 0 Å². The Morgan fingerprint density at radius 1 is 0.950 bits per heavy atom. The Morgan fingerprint density at radius 2 is 1.65 bits per heavy atom. The Bertz CT molecular complexity index is 570. The summed E-state index contributed by atoms with van der Waals surface area (Å²) in [6.07, 6.45) is 3.33. The molecule has 0 radical (unpaired) electrons. The molecule has 2 N–H and O–H groups in total. The van der Waals surface area contributed by atoms with E-state index in [1.54, 1.807) is 36.7 Å². The third-order valence-corrected chi connectivity index (χ3v) is 2.68. The number of aromatic nitrogens is 1. The van der Waals surface area contributed by atoms with Gasteiger partial charge in [-0.05, 0) is 29.8 Å². The molecule has 0 aliphatic heterocycles. The maximum atomic E-state index is 11.7. The fourth-order valence-electron chi connectivity index (χ4n) is 1.62. The number of amides is 2. The molecule has 0 bridgehead atoms. The predicted octanol–water partition coefficient (Wildman–Crippen LogP) is 1.13. The molecule has 0 saturated carbocycles. The summed E-state index contributed by atoms with van der Waals surface area (Å²) in [5, 5.41) is 5.30. The third-order valence-electron chi connectivity index (χ3n) is 2.68. The number of carbonyl (C=O) groups excluding carboxylic acids is 2. The maximum Gasteiger partial charge on any atom is 0.251 e. The minimum Gasteiger partial charge on any atom is -0.350 e. The Morgan fingerprint density at radius 3 is 2.35 bits per heavy atom. The molecule has 0 saturated heterocycles. The van der Waals surface area contributed by atoms with E-state index in [-0.39, 0.29) is 18.4 Å². The molecule has 0 aliphatic carbocycles. The van der Waals surface area contributed by atoms with Crippen molar-refractivity contribution in [3.8, 4) is 0 Å². The quantitative estimate of drug-likeness (QED) is 0.854. The van der Waals surface area contributed by atoms with Crippen LogP contribution >= 0.6 is 0 Å². The van der Waals surface area contributed by atoms with Crippen molar-refractivity contribution in [3.63, 3.8) is 0 Å². The van der Waals surface area contributed by atoms with Gasteiger partial charge in [0.1, 0.15) is 0 Å². The highest BCUT2D eigenvalue weighted by Crippen LogP contribution is 1.97. The van der Waals surface area contributed by atoms with E-state index < -0.39 is 0 Å². The van der Waals surface area contributed by atoms with Crippen molar-refractivity contribution in [2.75, 3.05) is 6.54 Å². The Balaban J connectivity index is 1.74. The molecule has 2 aromatic rings. The van der Waals surface area contributed by atoms with Crippen LogP contribution in [0.2, 0.25) is 0 Å². The molecule has 5 nitrogen and oxygen atoms in total. The summed E-state index contributed by atoms with van der Waals surface area (Å²) in [5.74, 6) is -0.490. The normalized spacial score (nSPS) is 9.80. The number of hydrogen-bond donors (Lipinski definition) is 2. The number of carbonyl (C=O) groups is 2. The minimum absolute atomic E-state index is 0.0428.